The van der Waals surface area contributed by atoms with Gasteiger partial charge in [-0.3, -0.25) is 4.79 Å². The highest BCUT2D eigenvalue weighted by atomic mass is 16.1. The van der Waals surface area contributed by atoms with E-state index in [1.807, 2.05) is 6.07 Å². The molecule has 1 heterocycles. The Balaban J connectivity index is 1.90. The van der Waals surface area contributed by atoms with Crippen LogP contribution in [0, 0.1) is 19.8 Å². The summed E-state index contributed by atoms with van der Waals surface area (Å²) in [4.78, 5) is 12.0. The molecular weight excluding hydrogens is 224 g/mol. The second kappa shape index (κ2) is 6.01. The molecule has 3 nitrogen and oxygen atoms in total. The third-order valence-corrected chi connectivity index (χ3v) is 3.84. The number of hydrogen-bond acceptors (Lipinski definition) is 2. The van der Waals surface area contributed by atoms with Crippen molar-refractivity contribution in [2.75, 3.05) is 13.1 Å². The zero-order chi connectivity index (χ0) is 13.0. The Morgan fingerprint density at radius 3 is 3.00 bits per heavy atom. The number of hydrogen-bond donors (Lipinski definition) is 2. The van der Waals surface area contributed by atoms with Gasteiger partial charge in [0, 0.05) is 13.1 Å². The van der Waals surface area contributed by atoms with E-state index in [9.17, 15) is 4.79 Å². The molecule has 1 aromatic rings. The third-order valence-electron chi connectivity index (χ3n) is 3.84. The van der Waals surface area contributed by atoms with Crippen LogP contribution in [0.4, 0.5) is 0 Å². The van der Waals surface area contributed by atoms with E-state index in [0.717, 1.165) is 25.9 Å². The van der Waals surface area contributed by atoms with Crippen LogP contribution in [-0.2, 0) is 11.3 Å². The van der Waals surface area contributed by atoms with E-state index in [1.54, 1.807) is 0 Å². The molecule has 2 N–H and O–H groups in total. The minimum absolute atomic E-state index is 0.142. The van der Waals surface area contributed by atoms with Crippen LogP contribution in [0.25, 0.3) is 0 Å². The molecule has 1 atom stereocenters. The lowest BCUT2D eigenvalue weighted by Gasteiger charge is -2.22. The van der Waals surface area contributed by atoms with Crippen molar-refractivity contribution < 1.29 is 4.79 Å². The van der Waals surface area contributed by atoms with Crippen LogP contribution in [0.2, 0.25) is 0 Å². The van der Waals surface area contributed by atoms with Crippen LogP contribution in [-0.4, -0.2) is 19.0 Å². The van der Waals surface area contributed by atoms with Gasteiger partial charge in [-0.2, -0.15) is 0 Å². The van der Waals surface area contributed by atoms with Crippen LogP contribution >= 0.6 is 0 Å². The van der Waals surface area contributed by atoms with Gasteiger partial charge in [0.1, 0.15) is 0 Å². The van der Waals surface area contributed by atoms with Crippen molar-refractivity contribution >= 4 is 5.91 Å². The summed E-state index contributed by atoms with van der Waals surface area (Å²) < 4.78 is 0. The van der Waals surface area contributed by atoms with E-state index in [1.165, 1.54) is 16.7 Å². The molecule has 3 heteroatoms. The SMILES string of the molecule is Cc1cccc(CNC(=O)C2CCCNC2)c1C. The molecule has 1 amide bonds. The average Bonchev–Trinajstić information content (AvgIpc) is 2.41. The lowest BCUT2D eigenvalue weighted by atomic mass is 9.98. The molecule has 1 saturated heterocycles. The van der Waals surface area contributed by atoms with Crippen molar-refractivity contribution in [1.82, 2.24) is 10.6 Å². The first kappa shape index (κ1) is 13.1. The Labute approximate surface area is 109 Å². The molecule has 0 saturated carbocycles. The van der Waals surface area contributed by atoms with Crippen LogP contribution in [0.15, 0.2) is 18.2 Å². The van der Waals surface area contributed by atoms with Crippen molar-refractivity contribution in [3.05, 3.63) is 34.9 Å². The molecule has 0 aromatic heterocycles. The quantitative estimate of drug-likeness (QED) is 0.855. The summed E-state index contributed by atoms with van der Waals surface area (Å²) in [6.45, 7) is 6.72. The van der Waals surface area contributed by atoms with E-state index in [-0.39, 0.29) is 11.8 Å². The van der Waals surface area contributed by atoms with Gasteiger partial charge in [-0.1, -0.05) is 18.2 Å². The number of amides is 1. The molecule has 1 unspecified atom stereocenters. The highest BCUT2D eigenvalue weighted by Crippen LogP contribution is 2.14. The minimum atomic E-state index is 0.142. The van der Waals surface area contributed by atoms with Crippen LogP contribution in [0.3, 0.4) is 0 Å². The van der Waals surface area contributed by atoms with Crippen molar-refractivity contribution in [2.45, 2.75) is 33.2 Å². The average molecular weight is 246 g/mol. The van der Waals surface area contributed by atoms with E-state index >= 15 is 0 Å². The summed E-state index contributed by atoms with van der Waals surface area (Å²) in [5, 5.41) is 6.33. The minimum Gasteiger partial charge on any atom is -0.352 e. The van der Waals surface area contributed by atoms with Gasteiger partial charge in [0.25, 0.3) is 0 Å². The number of piperidine rings is 1. The maximum Gasteiger partial charge on any atom is 0.224 e. The fraction of sp³-hybridized carbons (Fsp3) is 0.533. The topological polar surface area (TPSA) is 41.1 Å². The Morgan fingerprint density at radius 1 is 1.44 bits per heavy atom. The van der Waals surface area contributed by atoms with E-state index < -0.39 is 0 Å². The zero-order valence-electron chi connectivity index (χ0n) is 11.3. The molecule has 98 valence electrons. The Morgan fingerprint density at radius 2 is 2.28 bits per heavy atom. The van der Waals surface area contributed by atoms with Crippen molar-refractivity contribution in [3.8, 4) is 0 Å². The van der Waals surface area contributed by atoms with Gasteiger partial charge >= 0.3 is 0 Å². The van der Waals surface area contributed by atoms with Gasteiger partial charge in [0.15, 0.2) is 0 Å². The maximum atomic E-state index is 12.0. The molecule has 1 aromatic carbocycles. The number of nitrogens with one attached hydrogen (secondary N) is 2. The number of rotatable bonds is 3. The summed E-state index contributed by atoms with van der Waals surface area (Å²) in [6.07, 6.45) is 2.10. The molecule has 0 aliphatic carbocycles. The van der Waals surface area contributed by atoms with Crippen molar-refractivity contribution in [1.29, 1.82) is 0 Å². The molecule has 1 aliphatic heterocycles. The third kappa shape index (κ3) is 3.10. The highest BCUT2D eigenvalue weighted by molar-refractivity contribution is 5.79. The molecule has 18 heavy (non-hydrogen) atoms. The van der Waals surface area contributed by atoms with Gasteiger partial charge in [-0.15, -0.1) is 0 Å². The van der Waals surface area contributed by atoms with E-state index in [4.69, 9.17) is 0 Å². The smallest absolute Gasteiger partial charge is 0.224 e. The first-order chi connectivity index (χ1) is 8.68. The van der Waals surface area contributed by atoms with Gasteiger partial charge in [0.2, 0.25) is 5.91 Å². The first-order valence-corrected chi connectivity index (χ1v) is 6.72. The molecule has 1 fully saturated rings. The van der Waals surface area contributed by atoms with Crippen LogP contribution in [0.1, 0.15) is 29.5 Å². The van der Waals surface area contributed by atoms with Gasteiger partial charge < -0.3 is 10.6 Å². The Kier molecular flexibility index (Phi) is 4.37. The molecule has 0 bridgehead atoms. The molecule has 2 rings (SSSR count). The fourth-order valence-electron chi connectivity index (χ4n) is 2.41. The number of benzene rings is 1. The number of carbonyl (C=O) groups excluding carboxylic acids is 1. The normalized spacial score (nSPS) is 19.6. The standard InChI is InChI=1S/C15H22N2O/c1-11-5-3-6-13(12(11)2)10-17-15(18)14-7-4-8-16-9-14/h3,5-6,14,16H,4,7-10H2,1-2H3,(H,17,18). The largest absolute Gasteiger partial charge is 0.352 e. The fourth-order valence-corrected chi connectivity index (χ4v) is 2.41. The Hall–Kier alpha value is -1.35. The monoisotopic (exact) mass is 246 g/mol. The molecular formula is C15H22N2O. The highest BCUT2D eigenvalue weighted by Gasteiger charge is 2.20. The second-order valence-corrected chi connectivity index (χ2v) is 5.12. The summed E-state index contributed by atoms with van der Waals surface area (Å²) in [5.74, 6) is 0.326. The predicted molar refractivity (Wildman–Crippen MR) is 73.4 cm³/mol. The molecule has 1 aliphatic rings. The summed E-state index contributed by atoms with van der Waals surface area (Å²) in [6, 6.07) is 6.24. The maximum absolute atomic E-state index is 12.0. The van der Waals surface area contributed by atoms with Crippen LogP contribution < -0.4 is 10.6 Å². The number of aryl methyl sites for hydroxylation is 1. The van der Waals surface area contributed by atoms with E-state index in [0.29, 0.717) is 6.54 Å². The summed E-state index contributed by atoms with van der Waals surface area (Å²) in [7, 11) is 0. The Bertz CT molecular complexity index is 423. The van der Waals surface area contributed by atoms with Crippen molar-refractivity contribution in [3.63, 3.8) is 0 Å². The van der Waals surface area contributed by atoms with Gasteiger partial charge in [0.05, 0.1) is 5.92 Å². The zero-order valence-corrected chi connectivity index (χ0v) is 11.3. The van der Waals surface area contributed by atoms with Gasteiger partial charge in [-0.25, -0.2) is 0 Å². The lowest BCUT2D eigenvalue weighted by molar-refractivity contribution is -0.125. The summed E-state index contributed by atoms with van der Waals surface area (Å²) in [5.41, 5.74) is 3.77. The molecule has 0 spiro atoms. The lowest BCUT2D eigenvalue weighted by Crippen LogP contribution is -2.40. The second-order valence-electron chi connectivity index (χ2n) is 5.12. The predicted octanol–water partition coefficient (Wildman–Crippen LogP) is 1.92. The first-order valence-electron chi connectivity index (χ1n) is 6.72. The van der Waals surface area contributed by atoms with Crippen LogP contribution in [0.5, 0.6) is 0 Å². The van der Waals surface area contributed by atoms with Crippen molar-refractivity contribution in [2.24, 2.45) is 5.92 Å². The number of carbonyl (C=O) groups is 1. The van der Waals surface area contributed by atoms with Gasteiger partial charge in [-0.05, 0) is 49.9 Å². The summed E-state index contributed by atoms with van der Waals surface area (Å²) >= 11 is 0. The molecule has 0 radical (unpaired) electrons. The van der Waals surface area contributed by atoms with E-state index in [2.05, 4.69) is 36.6 Å².